The number of anilines is 2. The van der Waals surface area contributed by atoms with Crippen molar-refractivity contribution < 1.29 is 18.0 Å². The molecule has 0 unspecified atom stereocenters. The molecule has 2 amide bonds. The average Bonchev–Trinajstić information content (AvgIpc) is 2.42. The number of amides is 2. The van der Waals surface area contributed by atoms with Gasteiger partial charge in [0.2, 0.25) is 0 Å². The Kier molecular flexibility index (Phi) is 5.17. The van der Waals surface area contributed by atoms with Crippen LogP contribution < -0.4 is 10.6 Å². The van der Waals surface area contributed by atoms with Crippen LogP contribution in [-0.4, -0.2) is 6.03 Å². The van der Waals surface area contributed by atoms with E-state index in [4.69, 9.17) is 11.6 Å². The minimum absolute atomic E-state index is 0.0594. The van der Waals surface area contributed by atoms with Crippen LogP contribution in [0.25, 0.3) is 0 Å². The molecule has 0 fully saturated rings. The molecule has 2 rings (SSSR count). The number of para-hydroxylation sites is 1. The molecule has 2 aromatic rings. The molecular formula is C14H9ClF3IN2O. The number of alkyl halides is 3. The fraction of sp³-hybridized carbons (Fsp3) is 0.0714. The Bertz CT molecular complexity index is 707. The fourth-order valence-electron chi connectivity index (χ4n) is 1.70. The summed E-state index contributed by atoms with van der Waals surface area (Å²) >= 11 is 7.59. The van der Waals surface area contributed by atoms with Gasteiger partial charge in [-0.3, -0.25) is 0 Å². The topological polar surface area (TPSA) is 41.1 Å². The lowest BCUT2D eigenvalue weighted by molar-refractivity contribution is -0.136. The zero-order valence-corrected chi connectivity index (χ0v) is 13.8. The number of urea groups is 1. The van der Waals surface area contributed by atoms with Gasteiger partial charge in [-0.15, -0.1) is 0 Å². The number of hydrogen-bond acceptors (Lipinski definition) is 1. The molecule has 3 nitrogen and oxygen atoms in total. The average molecular weight is 441 g/mol. The Hall–Kier alpha value is -1.48. The van der Waals surface area contributed by atoms with E-state index in [1.54, 1.807) is 24.3 Å². The first-order valence-corrected chi connectivity index (χ1v) is 7.42. The smallest absolute Gasteiger partial charge is 0.307 e. The summed E-state index contributed by atoms with van der Waals surface area (Å²) < 4.78 is 39.6. The van der Waals surface area contributed by atoms with Crippen molar-refractivity contribution in [3.63, 3.8) is 0 Å². The van der Waals surface area contributed by atoms with Gasteiger partial charge in [0.1, 0.15) is 0 Å². The molecule has 0 heterocycles. The van der Waals surface area contributed by atoms with Crippen LogP contribution in [0.3, 0.4) is 0 Å². The molecular weight excluding hydrogens is 432 g/mol. The molecule has 22 heavy (non-hydrogen) atoms. The third kappa shape index (κ3) is 4.26. The van der Waals surface area contributed by atoms with Crippen molar-refractivity contribution in [1.29, 1.82) is 0 Å². The van der Waals surface area contributed by atoms with Gasteiger partial charge >= 0.3 is 12.2 Å². The highest BCUT2D eigenvalue weighted by molar-refractivity contribution is 14.1. The van der Waals surface area contributed by atoms with E-state index in [1.165, 1.54) is 6.07 Å². The summed E-state index contributed by atoms with van der Waals surface area (Å²) in [6, 6.07) is 9.29. The second kappa shape index (κ2) is 6.74. The van der Waals surface area contributed by atoms with Gasteiger partial charge in [-0.25, -0.2) is 4.79 Å². The maximum Gasteiger partial charge on any atom is 0.418 e. The van der Waals surface area contributed by atoms with Crippen LogP contribution in [0.15, 0.2) is 42.5 Å². The summed E-state index contributed by atoms with van der Waals surface area (Å²) in [4.78, 5) is 11.9. The highest BCUT2D eigenvalue weighted by atomic mass is 127. The van der Waals surface area contributed by atoms with Gasteiger partial charge in [-0.05, 0) is 52.9 Å². The van der Waals surface area contributed by atoms with Crippen molar-refractivity contribution >= 4 is 51.6 Å². The van der Waals surface area contributed by atoms with Crippen LogP contribution >= 0.6 is 34.2 Å². The number of halogens is 5. The van der Waals surface area contributed by atoms with Crippen LogP contribution in [0.4, 0.5) is 29.3 Å². The lowest BCUT2D eigenvalue weighted by Gasteiger charge is -2.15. The summed E-state index contributed by atoms with van der Waals surface area (Å²) in [5.41, 5.74) is -0.860. The van der Waals surface area contributed by atoms with Crippen LogP contribution in [0, 0.1) is 3.57 Å². The molecule has 2 aromatic carbocycles. The molecule has 0 saturated heterocycles. The number of carbonyl (C=O) groups excluding carboxylic acids is 1. The SMILES string of the molecule is O=C(Nc1ccccc1I)Nc1ccc(Cl)cc1C(F)(F)F. The maximum absolute atomic E-state index is 12.9. The van der Waals surface area contributed by atoms with E-state index in [9.17, 15) is 18.0 Å². The van der Waals surface area contributed by atoms with E-state index in [0.29, 0.717) is 5.69 Å². The van der Waals surface area contributed by atoms with E-state index in [1.807, 2.05) is 22.6 Å². The van der Waals surface area contributed by atoms with Crippen molar-refractivity contribution in [1.82, 2.24) is 0 Å². The van der Waals surface area contributed by atoms with Crippen molar-refractivity contribution in [2.24, 2.45) is 0 Å². The standard InChI is InChI=1S/C14H9ClF3IN2O/c15-8-5-6-11(9(7-8)14(16,17)18)20-13(22)21-12-4-2-1-3-10(12)19/h1-7H,(H2,20,21,22). The molecule has 0 saturated carbocycles. The molecule has 0 radical (unpaired) electrons. The Labute approximate surface area is 143 Å². The zero-order valence-electron chi connectivity index (χ0n) is 10.8. The Morgan fingerprint density at radius 1 is 1.05 bits per heavy atom. The lowest BCUT2D eigenvalue weighted by Crippen LogP contribution is -2.22. The van der Waals surface area contributed by atoms with Crippen molar-refractivity contribution in [3.05, 3.63) is 56.6 Å². The predicted molar refractivity (Wildman–Crippen MR) is 88.3 cm³/mol. The van der Waals surface area contributed by atoms with Crippen molar-refractivity contribution in [2.45, 2.75) is 6.18 Å². The van der Waals surface area contributed by atoms with E-state index in [-0.39, 0.29) is 10.7 Å². The summed E-state index contributed by atoms with van der Waals surface area (Å²) in [5.74, 6) is 0. The van der Waals surface area contributed by atoms with Gasteiger partial charge in [-0.2, -0.15) is 13.2 Å². The molecule has 8 heteroatoms. The first kappa shape index (κ1) is 16.9. The number of benzene rings is 2. The second-order valence-corrected chi connectivity index (χ2v) is 5.85. The van der Waals surface area contributed by atoms with Crippen LogP contribution in [0.1, 0.15) is 5.56 Å². The first-order valence-electron chi connectivity index (χ1n) is 5.96. The zero-order chi connectivity index (χ0) is 16.3. The predicted octanol–water partition coefficient (Wildman–Crippen LogP) is 5.61. The quantitative estimate of drug-likeness (QED) is 0.586. The number of rotatable bonds is 2. The third-order valence-corrected chi connectivity index (χ3v) is 3.83. The Morgan fingerprint density at radius 2 is 1.68 bits per heavy atom. The summed E-state index contributed by atoms with van der Waals surface area (Å²) in [7, 11) is 0. The Morgan fingerprint density at radius 3 is 2.32 bits per heavy atom. The number of nitrogens with one attached hydrogen (secondary N) is 2. The van der Waals surface area contributed by atoms with Gasteiger partial charge in [0, 0.05) is 8.59 Å². The van der Waals surface area contributed by atoms with Gasteiger partial charge < -0.3 is 10.6 Å². The fourth-order valence-corrected chi connectivity index (χ4v) is 2.39. The summed E-state index contributed by atoms with van der Waals surface area (Å²) in [6.45, 7) is 0. The molecule has 116 valence electrons. The maximum atomic E-state index is 12.9. The van der Waals surface area contributed by atoms with Gasteiger partial charge in [0.25, 0.3) is 0 Å². The molecule has 0 spiro atoms. The second-order valence-electron chi connectivity index (χ2n) is 4.25. The van der Waals surface area contributed by atoms with E-state index in [2.05, 4.69) is 10.6 Å². The normalized spacial score (nSPS) is 11.1. The number of hydrogen-bond donors (Lipinski definition) is 2. The van der Waals surface area contributed by atoms with E-state index >= 15 is 0 Å². The highest BCUT2D eigenvalue weighted by Crippen LogP contribution is 2.36. The number of carbonyl (C=O) groups is 1. The van der Waals surface area contributed by atoms with Gasteiger partial charge in [-0.1, -0.05) is 23.7 Å². The van der Waals surface area contributed by atoms with Gasteiger partial charge in [0.15, 0.2) is 0 Å². The monoisotopic (exact) mass is 440 g/mol. The highest BCUT2D eigenvalue weighted by Gasteiger charge is 2.34. The summed E-state index contributed by atoms with van der Waals surface area (Å²) in [6.07, 6.45) is -4.62. The molecule has 2 N–H and O–H groups in total. The molecule has 0 bridgehead atoms. The van der Waals surface area contributed by atoms with Gasteiger partial charge in [0.05, 0.1) is 16.9 Å². The lowest BCUT2D eigenvalue weighted by atomic mass is 10.1. The molecule has 0 aliphatic carbocycles. The molecule has 0 aliphatic rings. The third-order valence-electron chi connectivity index (χ3n) is 2.66. The molecule has 0 aromatic heterocycles. The minimum Gasteiger partial charge on any atom is -0.307 e. The van der Waals surface area contributed by atoms with Crippen molar-refractivity contribution in [3.8, 4) is 0 Å². The van der Waals surface area contributed by atoms with Crippen molar-refractivity contribution in [2.75, 3.05) is 10.6 Å². The minimum atomic E-state index is -4.62. The largest absolute Gasteiger partial charge is 0.418 e. The first-order chi connectivity index (χ1) is 10.3. The van der Waals surface area contributed by atoms with E-state index < -0.39 is 17.8 Å². The van der Waals surface area contributed by atoms with Crippen LogP contribution in [0.2, 0.25) is 5.02 Å². The molecule has 0 aliphatic heterocycles. The van der Waals surface area contributed by atoms with Crippen LogP contribution in [0.5, 0.6) is 0 Å². The summed E-state index contributed by atoms with van der Waals surface area (Å²) in [5, 5.41) is 4.62. The Balaban J connectivity index is 2.21. The molecule has 0 atom stereocenters. The van der Waals surface area contributed by atoms with E-state index in [0.717, 1.165) is 15.7 Å². The van der Waals surface area contributed by atoms with Crippen LogP contribution in [-0.2, 0) is 6.18 Å².